The largest absolute Gasteiger partial charge is 0.385 e. The molecule has 1 nitrogen and oxygen atoms in total. The molecule has 1 aliphatic carbocycles. The number of hydrogen-bond donors (Lipinski definition) is 1. The molecule has 0 unspecified atom stereocenters. The van der Waals surface area contributed by atoms with Gasteiger partial charge >= 0.3 is 0 Å². The van der Waals surface area contributed by atoms with Crippen molar-refractivity contribution in [3.8, 4) is 12.3 Å². The van der Waals surface area contributed by atoms with E-state index in [1.807, 2.05) is 12.1 Å². The van der Waals surface area contributed by atoms with E-state index >= 15 is 0 Å². The average Bonchev–Trinajstić information content (AvgIpc) is 2.45. The van der Waals surface area contributed by atoms with Crippen LogP contribution in [0.15, 0.2) is 24.3 Å². The van der Waals surface area contributed by atoms with E-state index in [1.165, 1.54) is 25.7 Å². The third-order valence-corrected chi connectivity index (χ3v) is 4.70. The van der Waals surface area contributed by atoms with Crippen molar-refractivity contribution in [3.05, 3.63) is 29.8 Å². The van der Waals surface area contributed by atoms with Crippen molar-refractivity contribution in [1.29, 1.82) is 0 Å². The van der Waals surface area contributed by atoms with Crippen LogP contribution in [0.5, 0.6) is 0 Å². The molecule has 1 heteroatoms. The van der Waals surface area contributed by atoms with Crippen LogP contribution in [0.25, 0.3) is 0 Å². The van der Waals surface area contributed by atoms with Gasteiger partial charge in [-0.2, -0.15) is 0 Å². The summed E-state index contributed by atoms with van der Waals surface area (Å²) in [6.07, 6.45) is 10.9. The van der Waals surface area contributed by atoms with Crippen LogP contribution >= 0.6 is 0 Å². The Bertz CT molecular complexity index is 467. The first-order valence-electron chi connectivity index (χ1n) is 7.79. The first kappa shape index (κ1) is 15.0. The van der Waals surface area contributed by atoms with Crippen molar-refractivity contribution in [1.82, 2.24) is 0 Å². The van der Waals surface area contributed by atoms with Gasteiger partial charge in [0.05, 0.1) is 0 Å². The highest BCUT2D eigenvalue weighted by Gasteiger charge is 2.29. The van der Waals surface area contributed by atoms with Crippen LogP contribution in [0, 0.1) is 29.6 Å². The second-order valence-corrected chi connectivity index (χ2v) is 7.19. The molecule has 0 spiro atoms. The van der Waals surface area contributed by atoms with Gasteiger partial charge in [0.1, 0.15) is 0 Å². The molecule has 1 saturated carbocycles. The van der Waals surface area contributed by atoms with Crippen molar-refractivity contribution in [2.24, 2.45) is 17.3 Å². The van der Waals surface area contributed by atoms with Gasteiger partial charge in [-0.15, -0.1) is 6.42 Å². The third-order valence-electron chi connectivity index (χ3n) is 4.70. The smallest absolute Gasteiger partial charge is 0.0352 e. The van der Waals surface area contributed by atoms with Gasteiger partial charge in [0, 0.05) is 17.8 Å². The standard InChI is InChI=1S/C19H27N/c1-5-15-7-6-8-18(13-15)20-14-16-9-11-17(12-10-16)19(2,3)4/h1,6-8,13,16-17,20H,9-12,14H2,2-4H3. The summed E-state index contributed by atoms with van der Waals surface area (Å²) in [5.41, 5.74) is 2.57. The summed E-state index contributed by atoms with van der Waals surface area (Å²) in [7, 11) is 0. The Morgan fingerprint density at radius 2 is 1.90 bits per heavy atom. The van der Waals surface area contributed by atoms with Gasteiger partial charge in [0.25, 0.3) is 0 Å². The fourth-order valence-electron chi connectivity index (χ4n) is 3.21. The lowest BCUT2D eigenvalue weighted by atomic mass is 9.70. The summed E-state index contributed by atoms with van der Waals surface area (Å²) in [5.74, 6) is 4.39. The van der Waals surface area contributed by atoms with Crippen molar-refractivity contribution in [2.75, 3.05) is 11.9 Å². The fraction of sp³-hybridized carbons (Fsp3) is 0.579. The molecule has 1 aliphatic rings. The molecular formula is C19H27N. The minimum Gasteiger partial charge on any atom is -0.385 e. The van der Waals surface area contributed by atoms with Crippen molar-refractivity contribution < 1.29 is 0 Å². The van der Waals surface area contributed by atoms with Gasteiger partial charge in [-0.25, -0.2) is 0 Å². The highest BCUT2D eigenvalue weighted by atomic mass is 14.9. The van der Waals surface area contributed by atoms with Crippen molar-refractivity contribution >= 4 is 5.69 Å². The molecule has 0 atom stereocenters. The lowest BCUT2D eigenvalue weighted by molar-refractivity contribution is 0.153. The highest BCUT2D eigenvalue weighted by molar-refractivity contribution is 5.49. The van der Waals surface area contributed by atoms with Crippen molar-refractivity contribution in [2.45, 2.75) is 46.5 Å². The summed E-state index contributed by atoms with van der Waals surface area (Å²) in [6.45, 7) is 8.20. The maximum absolute atomic E-state index is 5.44. The lowest BCUT2D eigenvalue weighted by Gasteiger charge is -2.37. The van der Waals surface area contributed by atoms with E-state index in [9.17, 15) is 0 Å². The lowest BCUT2D eigenvalue weighted by Crippen LogP contribution is -2.28. The van der Waals surface area contributed by atoms with E-state index in [4.69, 9.17) is 6.42 Å². The molecule has 2 rings (SSSR count). The van der Waals surface area contributed by atoms with Crippen LogP contribution in [-0.2, 0) is 0 Å². The summed E-state index contributed by atoms with van der Waals surface area (Å²) in [4.78, 5) is 0. The zero-order chi connectivity index (χ0) is 14.6. The number of hydrogen-bond acceptors (Lipinski definition) is 1. The van der Waals surface area contributed by atoms with Gasteiger partial charge in [-0.05, 0) is 61.1 Å². The zero-order valence-corrected chi connectivity index (χ0v) is 13.1. The summed E-state index contributed by atoms with van der Waals surface area (Å²) in [6, 6.07) is 8.15. The number of benzene rings is 1. The Balaban J connectivity index is 1.80. The second kappa shape index (κ2) is 6.35. The first-order valence-corrected chi connectivity index (χ1v) is 7.79. The van der Waals surface area contributed by atoms with E-state index in [-0.39, 0.29) is 0 Å². The molecule has 0 aliphatic heterocycles. The van der Waals surface area contributed by atoms with E-state index < -0.39 is 0 Å². The number of anilines is 1. The molecular weight excluding hydrogens is 242 g/mol. The topological polar surface area (TPSA) is 12.0 Å². The number of terminal acetylenes is 1. The molecule has 0 amide bonds. The van der Waals surface area contributed by atoms with Crippen LogP contribution in [-0.4, -0.2) is 6.54 Å². The summed E-state index contributed by atoms with van der Waals surface area (Å²) < 4.78 is 0. The summed E-state index contributed by atoms with van der Waals surface area (Å²) >= 11 is 0. The Hall–Kier alpha value is -1.42. The summed E-state index contributed by atoms with van der Waals surface area (Å²) in [5, 5.41) is 3.55. The molecule has 0 radical (unpaired) electrons. The van der Waals surface area contributed by atoms with E-state index in [1.54, 1.807) is 0 Å². The Kier molecular flexibility index (Phi) is 4.76. The van der Waals surface area contributed by atoms with Crippen LogP contribution in [0.2, 0.25) is 0 Å². The maximum atomic E-state index is 5.44. The van der Waals surface area contributed by atoms with Crippen LogP contribution in [0.3, 0.4) is 0 Å². The molecule has 1 N–H and O–H groups in total. The molecule has 1 aromatic rings. The average molecular weight is 269 g/mol. The molecule has 20 heavy (non-hydrogen) atoms. The van der Waals surface area contributed by atoms with Crippen LogP contribution in [0.4, 0.5) is 5.69 Å². The Morgan fingerprint density at radius 3 is 2.50 bits per heavy atom. The zero-order valence-electron chi connectivity index (χ0n) is 13.1. The van der Waals surface area contributed by atoms with Gasteiger partial charge in [-0.1, -0.05) is 32.8 Å². The third kappa shape index (κ3) is 4.04. The molecule has 108 valence electrons. The van der Waals surface area contributed by atoms with E-state index in [0.29, 0.717) is 5.41 Å². The van der Waals surface area contributed by atoms with E-state index in [0.717, 1.165) is 29.6 Å². The Morgan fingerprint density at radius 1 is 1.20 bits per heavy atom. The Labute approximate surface area is 124 Å². The molecule has 0 heterocycles. The molecule has 1 aromatic carbocycles. The van der Waals surface area contributed by atoms with Crippen LogP contribution < -0.4 is 5.32 Å². The normalized spacial score (nSPS) is 23.1. The minimum atomic E-state index is 0.472. The minimum absolute atomic E-state index is 0.472. The van der Waals surface area contributed by atoms with Crippen LogP contribution in [0.1, 0.15) is 52.0 Å². The molecule has 0 aromatic heterocycles. The predicted octanol–water partition coefficient (Wildman–Crippen LogP) is 4.93. The molecule has 0 saturated heterocycles. The van der Waals surface area contributed by atoms with Gasteiger partial charge in [0.2, 0.25) is 0 Å². The van der Waals surface area contributed by atoms with E-state index in [2.05, 4.69) is 44.1 Å². The SMILES string of the molecule is C#Cc1cccc(NCC2CCC(C(C)(C)C)CC2)c1. The predicted molar refractivity (Wildman–Crippen MR) is 87.8 cm³/mol. The quantitative estimate of drug-likeness (QED) is 0.767. The van der Waals surface area contributed by atoms with Gasteiger partial charge in [0.15, 0.2) is 0 Å². The van der Waals surface area contributed by atoms with Crippen molar-refractivity contribution in [3.63, 3.8) is 0 Å². The molecule has 1 fully saturated rings. The maximum Gasteiger partial charge on any atom is 0.0352 e. The monoisotopic (exact) mass is 269 g/mol. The fourth-order valence-corrected chi connectivity index (χ4v) is 3.21. The van der Waals surface area contributed by atoms with Gasteiger partial charge in [-0.3, -0.25) is 0 Å². The number of nitrogens with one attached hydrogen (secondary N) is 1. The number of rotatable bonds is 3. The first-order chi connectivity index (χ1) is 9.49. The van der Waals surface area contributed by atoms with Gasteiger partial charge < -0.3 is 5.32 Å². The second-order valence-electron chi connectivity index (χ2n) is 7.19. The molecule has 0 bridgehead atoms. The highest BCUT2D eigenvalue weighted by Crippen LogP contribution is 2.39.